The molecule has 0 spiro atoms. The Morgan fingerprint density at radius 1 is 1.03 bits per heavy atom. The molecular formula is C30H48O4. The fourth-order valence-corrected chi connectivity index (χ4v) is 9.41. The number of carbonyl (C=O) groups is 2. The van der Waals surface area contributed by atoms with E-state index in [1.807, 2.05) is 0 Å². The molecule has 4 saturated carbocycles. The molecule has 4 fully saturated rings. The first-order chi connectivity index (χ1) is 16.2. The fraction of sp³-hybridized carbons (Fsp3) is 0.867. The zero-order chi connectivity index (χ0) is 24.5. The van der Waals surface area contributed by atoms with Crippen molar-refractivity contribution >= 4 is 11.9 Å². The van der Waals surface area contributed by atoms with Crippen LogP contribution in [0.15, 0.2) is 12.7 Å². The van der Waals surface area contributed by atoms with Crippen LogP contribution in [-0.4, -0.2) is 24.6 Å². The van der Waals surface area contributed by atoms with E-state index in [-0.39, 0.29) is 18.0 Å². The van der Waals surface area contributed by atoms with E-state index >= 15 is 0 Å². The monoisotopic (exact) mass is 472 g/mol. The fourth-order valence-electron chi connectivity index (χ4n) is 9.41. The Labute approximate surface area is 207 Å². The van der Waals surface area contributed by atoms with Gasteiger partial charge < -0.3 is 9.47 Å². The second-order valence-electron chi connectivity index (χ2n) is 12.7. The molecule has 0 aromatic rings. The van der Waals surface area contributed by atoms with Crippen molar-refractivity contribution in [3.05, 3.63) is 12.7 Å². The molecule has 0 bridgehead atoms. The highest BCUT2D eigenvalue weighted by atomic mass is 16.5. The van der Waals surface area contributed by atoms with Gasteiger partial charge in [-0.2, -0.15) is 0 Å². The van der Waals surface area contributed by atoms with E-state index < -0.39 is 0 Å². The molecule has 0 N–H and O–H groups in total. The number of hydrogen-bond acceptors (Lipinski definition) is 4. The van der Waals surface area contributed by atoms with Gasteiger partial charge in [0, 0.05) is 13.3 Å². The molecule has 0 aromatic carbocycles. The molecule has 4 aliphatic carbocycles. The average Bonchev–Trinajstić information content (AvgIpc) is 3.15. The van der Waals surface area contributed by atoms with E-state index in [0.29, 0.717) is 35.7 Å². The second-order valence-corrected chi connectivity index (χ2v) is 12.7. The summed E-state index contributed by atoms with van der Waals surface area (Å²) in [6, 6.07) is 0. The van der Waals surface area contributed by atoms with Crippen molar-refractivity contribution in [3.63, 3.8) is 0 Å². The van der Waals surface area contributed by atoms with E-state index in [9.17, 15) is 9.59 Å². The Morgan fingerprint density at radius 3 is 2.50 bits per heavy atom. The molecule has 4 aliphatic rings. The van der Waals surface area contributed by atoms with Crippen LogP contribution in [0.5, 0.6) is 0 Å². The number of hydrogen-bond donors (Lipinski definition) is 0. The van der Waals surface area contributed by atoms with E-state index in [1.165, 1.54) is 44.9 Å². The van der Waals surface area contributed by atoms with Crippen LogP contribution in [0.2, 0.25) is 0 Å². The van der Waals surface area contributed by atoms with Gasteiger partial charge >= 0.3 is 11.9 Å². The third kappa shape index (κ3) is 4.85. The van der Waals surface area contributed by atoms with E-state index in [0.717, 1.165) is 49.4 Å². The third-order valence-electron chi connectivity index (χ3n) is 11.1. The van der Waals surface area contributed by atoms with Crippen LogP contribution >= 0.6 is 0 Å². The van der Waals surface area contributed by atoms with Crippen LogP contribution in [-0.2, 0) is 19.1 Å². The summed E-state index contributed by atoms with van der Waals surface area (Å²) in [5.74, 6) is 4.36. The molecule has 0 aliphatic heterocycles. The number of carbonyl (C=O) groups excluding carboxylic acids is 2. The molecule has 0 radical (unpaired) electrons. The van der Waals surface area contributed by atoms with Crippen LogP contribution in [0.1, 0.15) is 105 Å². The summed E-state index contributed by atoms with van der Waals surface area (Å²) < 4.78 is 11.0. The molecule has 0 aromatic heterocycles. The Hall–Kier alpha value is -1.32. The Bertz CT molecular complexity index is 761. The van der Waals surface area contributed by atoms with E-state index in [1.54, 1.807) is 13.0 Å². The largest absolute Gasteiger partial charge is 0.465 e. The summed E-state index contributed by atoms with van der Waals surface area (Å²) in [4.78, 5) is 23.7. The molecule has 9 atom stereocenters. The Morgan fingerprint density at radius 2 is 1.76 bits per heavy atom. The topological polar surface area (TPSA) is 52.6 Å². The van der Waals surface area contributed by atoms with E-state index in [2.05, 4.69) is 27.4 Å². The summed E-state index contributed by atoms with van der Waals surface area (Å²) in [6.45, 7) is 13.3. The van der Waals surface area contributed by atoms with E-state index in [4.69, 9.17) is 9.47 Å². The molecule has 0 amide bonds. The lowest BCUT2D eigenvalue weighted by Crippen LogP contribution is -2.54. The third-order valence-corrected chi connectivity index (χ3v) is 11.1. The normalized spacial score (nSPS) is 42.0. The number of fused-ring (bicyclic) bond motifs is 5. The highest BCUT2D eigenvalue weighted by Gasteiger charge is 2.60. The van der Waals surface area contributed by atoms with Gasteiger partial charge in [0.1, 0.15) is 6.10 Å². The molecule has 34 heavy (non-hydrogen) atoms. The standard InChI is InChI=1S/C30H48O4/c1-6-7-18-33-28(32)13-8-20(2)25-11-12-26-24-10-9-22-19-23(34-21(3)31)14-16-29(22,4)27(24)15-17-30(25,26)5/h6,20,22-27H,1,7-19H2,2-5H3/t20-,22-,23-,24+,25-,26+,27+,29+,30-/m1/s1. The van der Waals surface area contributed by atoms with Gasteiger partial charge in [0.05, 0.1) is 6.61 Å². The first-order valence-corrected chi connectivity index (χ1v) is 14.1. The van der Waals surface area contributed by atoms with Crippen molar-refractivity contribution in [1.82, 2.24) is 0 Å². The van der Waals surface area contributed by atoms with Crippen molar-refractivity contribution in [2.24, 2.45) is 46.3 Å². The first-order valence-electron chi connectivity index (χ1n) is 14.1. The lowest BCUT2D eigenvalue weighted by molar-refractivity contribution is -0.160. The van der Waals surface area contributed by atoms with Crippen molar-refractivity contribution in [2.45, 2.75) is 111 Å². The maximum Gasteiger partial charge on any atom is 0.305 e. The zero-order valence-corrected chi connectivity index (χ0v) is 22.2. The predicted octanol–water partition coefficient (Wildman–Crippen LogP) is 7.11. The summed E-state index contributed by atoms with van der Waals surface area (Å²) in [6.07, 6.45) is 15.5. The molecule has 4 heteroatoms. The van der Waals surface area contributed by atoms with Gasteiger partial charge in [0.15, 0.2) is 0 Å². The highest BCUT2D eigenvalue weighted by Crippen LogP contribution is 2.68. The number of esters is 2. The Kier molecular flexibility index (Phi) is 7.84. The van der Waals surface area contributed by atoms with Crippen molar-refractivity contribution in [1.29, 1.82) is 0 Å². The van der Waals surface area contributed by atoms with Crippen molar-refractivity contribution in [2.75, 3.05) is 6.61 Å². The number of rotatable bonds is 8. The predicted molar refractivity (Wildman–Crippen MR) is 135 cm³/mol. The van der Waals surface area contributed by atoms with Gasteiger partial charge in [0.2, 0.25) is 0 Å². The smallest absolute Gasteiger partial charge is 0.305 e. The van der Waals surface area contributed by atoms with Crippen LogP contribution in [0, 0.1) is 46.3 Å². The molecule has 0 heterocycles. The second kappa shape index (κ2) is 10.3. The zero-order valence-electron chi connectivity index (χ0n) is 22.2. The summed E-state index contributed by atoms with van der Waals surface area (Å²) in [5, 5.41) is 0. The quantitative estimate of drug-likeness (QED) is 0.214. The average molecular weight is 473 g/mol. The molecule has 4 rings (SSSR count). The highest BCUT2D eigenvalue weighted by molar-refractivity contribution is 5.69. The van der Waals surface area contributed by atoms with Gasteiger partial charge in [-0.05, 0) is 117 Å². The molecular weight excluding hydrogens is 424 g/mol. The lowest BCUT2D eigenvalue weighted by atomic mass is 9.44. The minimum Gasteiger partial charge on any atom is -0.465 e. The molecule has 0 saturated heterocycles. The van der Waals surface area contributed by atoms with Crippen molar-refractivity contribution in [3.8, 4) is 0 Å². The maximum absolute atomic E-state index is 12.2. The van der Waals surface area contributed by atoms with Crippen molar-refractivity contribution < 1.29 is 19.1 Å². The van der Waals surface area contributed by atoms with Gasteiger partial charge in [-0.25, -0.2) is 0 Å². The minimum absolute atomic E-state index is 0.0484. The molecule has 0 unspecified atom stereocenters. The van der Waals surface area contributed by atoms with Crippen LogP contribution in [0.3, 0.4) is 0 Å². The van der Waals surface area contributed by atoms with Gasteiger partial charge in [-0.1, -0.05) is 26.8 Å². The van der Waals surface area contributed by atoms with Crippen LogP contribution in [0.25, 0.3) is 0 Å². The summed E-state index contributed by atoms with van der Waals surface area (Å²) in [5.41, 5.74) is 0.839. The first kappa shape index (κ1) is 25.8. The molecule has 192 valence electrons. The summed E-state index contributed by atoms with van der Waals surface area (Å²) in [7, 11) is 0. The van der Waals surface area contributed by atoms with Gasteiger partial charge in [0.25, 0.3) is 0 Å². The Balaban J connectivity index is 1.38. The summed E-state index contributed by atoms with van der Waals surface area (Å²) >= 11 is 0. The number of ether oxygens (including phenoxy) is 2. The minimum atomic E-state index is -0.119. The maximum atomic E-state index is 12.2. The van der Waals surface area contributed by atoms with Gasteiger partial charge in [-0.15, -0.1) is 6.58 Å². The SMILES string of the molecule is C=CCCOC(=O)CC[C@@H](C)[C@H]1CC[C@H]2[C@@H]3CC[C@@H]4C[C@H](OC(C)=O)CC[C@]4(C)[C@H]3CC[C@]12C. The lowest BCUT2D eigenvalue weighted by Gasteiger charge is -2.61. The molecule has 4 nitrogen and oxygen atoms in total. The van der Waals surface area contributed by atoms with Crippen LogP contribution in [0.4, 0.5) is 0 Å². The van der Waals surface area contributed by atoms with Crippen LogP contribution < -0.4 is 0 Å². The van der Waals surface area contributed by atoms with Gasteiger partial charge in [-0.3, -0.25) is 9.59 Å².